The molecule has 0 amide bonds. The molecule has 1 aromatic carbocycles. The number of hydrogen-bond donors (Lipinski definition) is 0. The zero-order chi connectivity index (χ0) is 20.7. The highest BCUT2D eigenvalue weighted by atomic mass is 16.5. The SMILES string of the molecule is COc1ccc2c(c1)CC[C@@H]1[C@@H]2OCCN1c1nc(-c2ccncc2)cc(=O)n1C. The van der Waals surface area contributed by atoms with Crippen LogP contribution in [0.2, 0.25) is 0 Å². The van der Waals surface area contributed by atoms with Crippen LogP contribution in [0, 0.1) is 0 Å². The number of rotatable bonds is 3. The number of benzene rings is 1. The van der Waals surface area contributed by atoms with Crippen LogP contribution < -0.4 is 15.2 Å². The molecule has 154 valence electrons. The number of fused-ring (bicyclic) bond motifs is 3. The monoisotopic (exact) mass is 404 g/mol. The van der Waals surface area contributed by atoms with Crippen molar-refractivity contribution in [2.75, 3.05) is 25.2 Å². The Morgan fingerprint density at radius 3 is 2.80 bits per heavy atom. The number of aryl methyl sites for hydroxylation is 1. The lowest BCUT2D eigenvalue weighted by molar-refractivity contribution is 0.00172. The summed E-state index contributed by atoms with van der Waals surface area (Å²) >= 11 is 0. The highest BCUT2D eigenvalue weighted by molar-refractivity contribution is 5.60. The zero-order valence-corrected chi connectivity index (χ0v) is 17.1. The largest absolute Gasteiger partial charge is 0.497 e. The van der Waals surface area contributed by atoms with Gasteiger partial charge in [0.1, 0.15) is 11.9 Å². The maximum atomic E-state index is 12.7. The second-order valence-electron chi connectivity index (χ2n) is 7.73. The van der Waals surface area contributed by atoms with E-state index in [1.807, 2.05) is 18.2 Å². The molecule has 3 heterocycles. The van der Waals surface area contributed by atoms with Crippen LogP contribution in [0.25, 0.3) is 11.3 Å². The van der Waals surface area contributed by atoms with Crippen LogP contribution in [-0.4, -0.2) is 40.8 Å². The predicted octanol–water partition coefficient (Wildman–Crippen LogP) is 2.74. The Labute approximate surface area is 174 Å². The van der Waals surface area contributed by atoms with Gasteiger partial charge >= 0.3 is 0 Å². The number of anilines is 1. The van der Waals surface area contributed by atoms with E-state index >= 15 is 0 Å². The van der Waals surface area contributed by atoms with E-state index in [0.717, 1.165) is 24.2 Å². The Bertz CT molecular complexity index is 1130. The van der Waals surface area contributed by atoms with Crippen LogP contribution in [0.3, 0.4) is 0 Å². The molecular formula is C23H24N4O3. The summed E-state index contributed by atoms with van der Waals surface area (Å²) < 4.78 is 13.2. The van der Waals surface area contributed by atoms with E-state index in [4.69, 9.17) is 14.5 Å². The minimum Gasteiger partial charge on any atom is -0.497 e. The fourth-order valence-corrected chi connectivity index (χ4v) is 4.53. The molecule has 7 nitrogen and oxygen atoms in total. The van der Waals surface area contributed by atoms with Gasteiger partial charge in [-0.25, -0.2) is 4.98 Å². The summed E-state index contributed by atoms with van der Waals surface area (Å²) in [6.45, 7) is 1.29. The van der Waals surface area contributed by atoms with Crippen LogP contribution in [0.1, 0.15) is 23.7 Å². The molecule has 0 saturated carbocycles. The molecule has 1 saturated heterocycles. The van der Waals surface area contributed by atoms with Crippen molar-refractivity contribution in [1.29, 1.82) is 0 Å². The molecule has 3 aromatic rings. The number of hydrogen-bond acceptors (Lipinski definition) is 6. The quantitative estimate of drug-likeness (QED) is 0.669. The molecule has 0 spiro atoms. The summed E-state index contributed by atoms with van der Waals surface area (Å²) in [6.07, 6.45) is 5.25. The first-order valence-electron chi connectivity index (χ1n) is 10.2. The van der Waals surface area contributed by atoms with Gasteiger partial charge in [-0.15, -0.1) is 0 Å². The highest BCUT2D eigenvalue weighted by Gasteiger charge is 2.39. The van der Waals surface area contributed by atoms with E-state index in [2.05, 4.69) is 22.0 Å². The van der Waals surface area contributed by atoms with E-state index in [-0.39, 0.29) is 17.7 Å². The van der Waals surface area contributed by atoms with Gasteiger partial charge in [-0.3, -0.25) is 14.3 Å². The highest BCUT2D eigenvalue weighted by Crippen LogP contribution is 2.40. The molecule has 0 bridgehead atoms. The third kappa shape index (κ3) is 3.15. The van der Waals surface area contributed by atoms with E-state index in [0.29, 0.717) is 24.8 Å². The van der Waals surface area contributed by atoms with Crippen molar-refractivity contribution < 1.29 is 9.47 Å². The summed E-state index contributed by atoms with van der Waals surface area (Å²) in [5.74, 6) is 1.55. The lowest BCUT2D eigenvalue weighted by Crippen LogP contribution is -2.51. The summed E-state index contributed by atoms with van der Waals surface area (Å²) in [5.41, 5.74) is 3.95. The van der Waals surface area contributed by atoms with Crippen LogP contribution >= 0.6 is 0 Å². The summed E-state index contributed by atoms with van der Waals surface area (Å²) in [5, 5.41) is 0. The average Bonchev–Trinajstić information content (AvgIpc) is 2.80. The van der Waals surface area contributed by atoms with Crippen molar-refractivity contribution in [3.05, 3.63) is 70.3 Å². The first kappa shape index (κ1) is 18.8. The smallest absolute Gasteiger partial charge is 0.255 e. The third-order valence-electron chi connectivity index (χ3n) is 6.09. The van der Waals surface area contributed by atoms with Crippen LogP contribution in [0.5, 0.6) is 5.75 Å². The zero-order valence-electron chi connectivity index (χ0n) is 17.1. The van der Waals surface area contributed by atoms with Gasteiger partial charge in [-0.05, 0) is 48.2 Å². The van der Waals surface area contributed by atoms with Crippen molar-refractivity contribution in [3.8, 4) is 17.0 Å². The second-order valence-corrected chi connectivity index (χ2v) is 7.73. The number of nitrogens with zero attached hydrogens (tertiary/aromatic N) is 4. The minimum absolute atomic E-state index is 0.0464. The first-order chi connectivity index (χ1) is 14.7. The fraction of sp³-hybridized carbons (Fsp3) is 0.348. The first-order valence-corrected chi connectivity index (χ1v) is 10.2. The average molecular weight is 404 g/mol. The van der Waals surface area contributed by atoms with Crippen LogP contribution in [0.4, 0.5) is 5.95 Å². The maximum absolute atomic E-state index is 12.7. The topological polar surface area (TPSA) is 69.5 Å². The van der Waals surface area contributed by atoms with Crippen molar-refractivity contribution in [1.82, 2.24) is 14.5 Å². The Morgan fingerprint density at radius 2 is 2.00 bits per heavy atom. The molecule has 1 aliphatic carbocycles. The molecule has 2 atom stereocenters. The van der Waals surface area contributed by atoms with Crippen molar-refractivity contribution in [2.45, 2.75) is 25.0 Å². The van der Waals surface area contributed by atoms with Crippen molar-refractivity contribution >= 4 is 5.95 Å². The lowest BCUT2D eigenvalue weighted by Gasteiger charge is -2.45. The minimum atomic E-state index is -0.0733. The van der Waals surface area contributed by atoms with Crippen molar-refractivity contribution in [2.24, 2.45) is 7.05 Å². The normalized spacial score (nSPS) is 20.4. The summed E-state index contributed by atoms with van der Waals surface area (Å²) in [6, 6.07) is 11.7. The summed E-state index contributed by atoms with van der Waals surface area (Å²) in [7, 11) is 3.47. The molecular weight excluding hydrogens is 380 g/mol. The number of morpholine rings is 1. The Hall–Kier alpha value is -3.19. The van der Waals surface area contributed by atoms with Crippen LogP contribution in [0.15, 0.2) is 53.6 Å². The number of methoxy groups -OCH3 is 1. The van der Waals surface area contributed by atoms with E-state index in [9.17, 15) is 4.79 Å². The number of aromatic nitrogens is 3. The van der Waals surface area contributed by atoms with E-state index < -0.39 is 0 Å². The maximum Gasteiger partial charge on any atom is 0.255 e. The van der Waals surface area contributed by atoms with Gasteiger partial charge in [0, 0.05) is 37.6 Å². The molecule has 1 fully saturated rings. The number of ether oxygens (including phenoxy) is 2. The van der Waals surface area contributed by atoms with Gasteiger partial charge in [0.15, 0.2) is 0 Å². The lowest BCUT2D eigenvalue weighted by atomic mass is 9.84. The van der Waals surface area contributed by atoms with E-state index in [1.54, 1.807) is 37.2 Å². The van der Waals surface area contributed by atoms with Gasteiger partial charge in [-0.2, -0.15) is 0 Å². The molecule has 0 N–H and O–H groups in total. The molecule has 2 aliphatic rings. The molecule has 30 heavy (non-hydrogen) atoms. The van der Waals surface area contributed by atoms with Gasteiger partial charge in [0.05, 0.1) is 25.5 Å². The molecule has 7 heteroatoms. The number of pyridine rings is 1. The molecule has 2 aromatic heterocycles. The van der Waals surface area contributed by atoms with Gasteiger partial charge in [0.25, 0.3) is 5.56 Å². The summed E-state index contributed by atoms with van der Waals surface area (Å²) in [4.78, 5) is 23.9. The Morgan fingerprint density at radius 1 is 1.17 bits per heavy atom. The molecule has 0 unspecified atom stereocenters. The Kier molecular flexibility index (Phi) is 4.75. The molecule has 0 radical (unpaired) electrons. The standard InChI is InChI=1S/C23H24N4O3/c1-26-21(28)14-19(15-7-9-24-10-8-15)25-23(26)27-11-12-30-22-18-5-4-17(29-2)13-16(18)3-6-20(22)27/h4-5,7-10,13-14,20,22H,3,6,11-12H2,1-2H3/t20-,22-/m1/s1. The predicted molar refractivity (Wildman–Crippen MR) is 114 cm³/mol. The van der Waals surface area contributed by atoms with Gasteiger partial charge in [-0.1, -0.05) is 6.07 Å². The van der Waals surface area contributed by atoms with E-state index in [1.165, 1.54) is 11.1 Å². The van der Waals surface area contributed by atoms with Crippen LogP contribution in [-0.2, 0) is 18.2 Å². The molecule has 1 aliphatic heterocycles. The Balaban J connectivity index is 1.55. The van der Waals surface area contributed by atoms with Gasteiger partial charge in [0.2, 0.25) is 5.95 Å². The van der Waals surface area contributed by atoms with Crippen molar-refractivity contribution in [3.63, 3.8) is 0 Å². The third-order valence-corrected chi connectivity index (χ3v) is 6.09. The second kappa shape index (κ2) is 7.57. The van der Waals surface area contributed by atoms with Gasteiger partial charge < -0.3 is 14.4 Å². The fourth-order valence-electron chi connectivity index (χ4n) is 4.53. The molecule has 5 rings (SSSR count).